The molecule has 1 fully saturated rings. The van der Waals surface area contributed by atoms with Gasteiger partial charge in [0, 0.05) is 14.4 Å². The van der Waals surface area contributed by atoms with Crippen molar-refractivity contribution >= 4 is 20.5 Å². The minimum absolute atomic E-state index is 0.106. The highest BCUT2D eigenvalue weighted by molar-refractivity contribution is 7.31. The molecule has 1 unspecified atom stereocenters. The van der Waals surface area contributed by atoms with Gasteiger partial charge in [0.1, 0.15) is 5.41 Å². The Morgan fingerprint density at radius 2 is 2.00 bits per heavy atom. The molecule has 0 N–H and O–H groups in total. The van der Waals surface area contributed by atoms with Gasteiger partial charge >= 0.3 is 0 Å². The maximum Gasteiger partial charge on any atom is 0.260 e. The predicted molar refractivity (Wildman–Crippen MR) is 93.6 cm³/mol. The van der Waals surface area contributed by atoms with E-state index in [9.17, 15) is 9.59 Å². The van der Waals surface area contributed by atoms with E-state index in [2.05, 4.69) is 0 Å². The number of hydrogen-bond donors (Lipinski definition) is 0. The number of Topliss-reactive ketones (excluding diaryl/α,β-unsaturated/α-hetero) is 1. The Balaban J connectivity index is 2.38. The number of benzene rings is 1. The van der Waals surface area contributed by atoms with Crippen LogP contribution in [0.15, 0.2) is 35.9 Å². The molecule has 1 saturated heterocycles. The summed E-state index contributed by atoms with van der Waals surface area (Å²) in [5.74, 6) is -0.319. The molecular formula is C18H24NO3P. The largest absolute Gasteiger partial charge is 0.293 e. The summed E-state index contributed by atoms with van der Waals surface area (Å²) in [6.45, 7) is 8.26. The highest BCUT2D eigenvalue weighted by Gasteiger charge is 2.52. The van der Waals surface area contributed by atoms with Crippen molar-refractivity contribution in [2.24, 2.45) is 5.41 Å². The number of carbonyl (C=O) groups is 2. The third-order valence-corrected chi connectivity index (χ3v) is 4.59. The fourth-order valence-corrected chi connectivity index (χ4v) is 3.18. The first-order valence-electron chi connectivity index (χ1n) is 7.81. The zero-order valence-corrected chi connectivity index (χ0v) is 15.2. The number of amides is 1. The van der Waals surface area contributed by atoms with Gasteiger partial charge in [-0.25, -0.2) is 5.06 Å². The highest BCUT2D eigenvalue weighted by atomic mass is 31.1. The van der Waals surface area contributed by atoms with Crippen molar-refractivity contribution in [3.63, 3.8) is 0 Å². The molecule has 0 spiro atoms. The molecule has 23 heavy (non-hydrogen) atoms. The molecule has 0 aromatic heterocycles. The van der Waals surface area contributed by atoms with Gasteiger partial charge in [-0.2, -0.15) is 0 Å². The molecule has 4 nitrogen and oxygen atoms in total. The number of rotatable bonds is 6. The Bertz CT molecular complexity index is 620. The second kappa shape index (κ2) is 7.37. The van der Waals surface area contributed by atoms with Crippen molar-refractivity contribution in [3.8, 4) is 0 Å². The minimum Gasteiger partial charge on any atom is -0.293 e. The Kier molecular flexibility index (Phi) is 5.72. The second-order valence-corrected chi connectivity index (χ2v) is 6.81. The molecule has 2 rings (SSSR count). The molecule has 1 amide bonds. The lowest BCUT2D eigenvalue weighted by Gasteiger charge is -2.25. The van der Waals surface area contributed by atoms with E-state index in [1.54, 1.807) is 12.1 Å². The molecule has 1 aromatic rings. The average molecular weight is 333 g/mol. The monoisotopic (exact) mass is 333 g/mol. The first-order chi connectivity index (χ1) is 10.9. The summed E-state index contributed by atoms with van der Waals surface area (Å²) in [6.07, 6.45) is 2.89. The highest BCUT2D eigenvalue weighted by Crippen LogP contribution is 2.40. The molecule has 1 aliphatic heterocycles. The normalized spacial score (nSPS) is 21.2. The fraction of sp³-hybridized carbons (Fsp3) is 0.444. The molecule has 5 heteroatoms. The Hall–Kier alpha value is -1.51. The lowest BCUT2D eigenvalue weighted by molar-refractivity contribution is -0.153. The van der Waals surface area contributed by atoms with Crippen molar-refractivity contribution in [1.82, 2.24) is 5.06 Å². The van der Waals surface area contributed by atoms with E-state index in [4.69, 9.17) is 4.62 Å². The van der Waals surface area contributed by atoms with Crippen LogP contribution in [0.1, 0.15) is 42.6 Å². The van der Waals surface area contributed by atoms with Crippen LogP contribution in [-0.2, 0) is 9.42 Å². The quantitative estimate of drug-likeness (QED) is 0.343. The summed E-state index contributed by atoms with van der Waals surface area (Å²) >= 11 is 0. The number of carbonyl (C=O) groups excluding carboxylic acids is 2. The van der Waals surface area contributed by atoms with Crippen LogP contribution in [0.2, 0.25) is 0 Å². The van der Waals surface area contributed by atoms with Crippen LogP contribution in [0.25, 0.3) is 0 Å². The van der Waals surface area contributed by atoms with Crippen LogP contribution >= 0.6 is 8.81 Å². The number of ketones is 1. The van der Waals surface area contributed by atoms with E-state index in [0.29, 0.717) is 24.9 Å². The van der Waals surface area contributed by atoms with Crippen molar-refractivity contribution in [1.29, 1.82) is 0 Å². The van der Waals surface area contributed by atoms with Gasteiger partial charge in [-0.05, 0) is 40.3 Å². The zero-order valence-electron chi connectivity index (χ0n) is 14.2. The fourth-order valence-electron chi connectivity index (χ4n) is 2.79. The lowest BCUT2D eigenvalue weighted by atomic mass is 9.75. The molecular weight excluding hydrogens is 309 g/mol. The van der Waals surface area contributed by atoms with Crippen LogP contribution in [0.4, 0.5) is 0 Å². The first kappa shape index (κ1) is 17.8. The van der Waals surface area contributed by atoms with Crippen LogP contribution in [0, 0.1) is 12.3 Å². The zero-order chi connectivity index (χ0) is 17.0. The van der Waals surface area contributed by atoms with Gasteiger partial charge in [-0.3, -0.25) is 14.2 Å². The lowest BCUT2D eigenvalue weighted by Crippen LogP contribution is -2.39. The Morgan fingerprint density at radius 3 is 2.57 bits per heavy atom. The SMILES string of the molecule is CPON1CC[C@@](CC=C(C)C)(C(=O)c2ccc(C)cc2)C1=O. The van der Waals surface area contributed by atoms with Crippen molar-refractivity contribution < 1.29 is 14.2 Å². The number of hydroxylamine groups is 2. The minimum atomic E-state index is -1.04. The summed E-state index contributed by atoms with van der Waals surface area (Å²) in [5.41, 5.74) is 1.75. The third-order valence-electron chi connectivity index (χ3n) is 4.19. The van der Waals surface area contributed by atoms with Crippen LogP contribution in [0.5, 0.6) is 0 Å². The molecule has 1 aliphatic rings. The van der Waals surface area contributed by atoms with E-state index < -0.39 is 5.41 Å². The molecule has 0 saturated carbocycles. The van der Waals surface area contributed by atoms with Crippen molar-refractivity contribution in [2.75, 3.05) is 13.2 Å². The van der Waals surface area contributed by atoms with Crippen LogP contribution < -0.4 is 0 Å². The molecule has 0 bridgehead atoms. The summed E-state index contributed by atoms with van der Waals surface area (Å²) in [6, 6.07) is 7.42. The summed E-state index contributed by atoms with van der Waals surface area (Å²) in [5, 5.41) is 1.36. The van der Waals surface area contributed by atoms with Gasteiger partial charge in [-0.15, -0.1) is 0 Å². The number of nitrogens with zero attached hydrogens (tertiary/aromatic N) is 1. The maximum absolute atomic E-state index is 13.1. The van der Waals surface area contributed by atoms with Gasteiger partial charge in [0.25, 0.3) is 5.91 Å². The Labute approximate surface area is 139 Å². The summed E-state index contributed by atoms with van der Waals surface area (Å²) < 4.78 is 5.42. The van der Waals surface area contributed by atoms with Crippen molar-refractivity contribution in [2.45, 2.75) is 33.6 Å². The number of hydrogen-bond acceptors (Lipinski definition) is 3. The van der Waals surface area contributed by atoms with Crippen LogP contribution in [-0.4, -0.2) is 30.0 Å². The smallest absolute Gasteiger partial charge is 0.260 e. The van der Waals surface area contributed by atoms with E-state index in [0.717, 1.165) is 11.1 Å². The standard InChI is InChI=1S/C18H24NO3P/c1-13(2)9-10-18(11-12-19(17(18)21)22-23-4)16(20)15-7-5-14(3)6-8-15/h5-9,23H,10-12H2,1-4H3/t18-/m0/s1. The molecule has 2 atom stereocenters. The predicted octanol–water partition coefficient (Wildman–Crippen LogP) is 3.91. The Morgan fingerprint density at radius 1 is 1.35 bits per heavy atom. The average Bonchev–Trinajstić information content (AvgIpc) is 2.84. The third kappa shape index (κ3) is 3.70. The van der Waals surface area contributed by atoms with Crippen molar-refractivity contribution in [3.05, 3.63) is 47.0 Å². The second-order valence-electron chi connectivity index (χ2n) is 6.22. The molecule has 1 aromatic carbocycles. The van der Waals surface area contributed by atoms with Gasteiger partial charge in [-0.1, -0.05) is 41.5 Å². The van der Waals surface area contributed by atoms with E-state index >= 15 is 0 Å². The van der Waals surface area contributed by atoms with Gasteiger partial charge in [0.2, 0.25) is 0 Å². The van der Waals surface area contributed by atoms with Gasteiger partial charge < -0.3 is 0 Å². The summed E-state index contributed by atoms with van der Waals surface area (Å²) in [4.78, 5) is 26.0. The van der Waals surface area contributed by atoms with E-state index in [-0.39, 0.29) is 20.5 Å². The van der Waals surface area contributed by atoms with Gasteiger partial charge in [0.15, 0.2) is 5.78 Å². The van der Waals surface area contributed by atoms with Crippen LogP contribution in [0.3, 0.4) is 0 Å². The molecule has 0 radical (unpaired) electrons. The first-order valence-corrected chi connectivity index (χ1v) is 9.22. The van der Waals surface area contributed by atoms with Gasteiger partial charge in [0.05, 0.1) is 6.54 Å². The molecule has 0 aliphatic carbocycles. The summed E-state index contributed by atoms with van der Waals surface area (Å²) in [7, 11) is 0.188. The van der Waals surface area contributed by atoms with E-state index in [1.165, 1.54) is 5.06 Å². The maximum atomic E-state index is 13.1. The number of allylic oxidation sites excluding steroid dienone is 2. The molecule has 1 heterocycles. The molecule has 124 valence electrons. The number of aryl methyl sites for hydroxylation is 1. The van der Waals surface area contributed by atoms with E-state index in [1.807, 2.05) is 45.6 Å². The topological polar surface area (TPSA) is 46.6 Å².